The van der Waals surface area contributed by atoms with E-state index in [1.165, 1.54) is 4.88 Å². The smallest absolute Gasteiger partial charge is 0.209 e. The van der Waals surface area contributed by atoms with Crippen LogP contribution in [0.1, 0.15) is 38.6 Å². The van der Waals surface area contributed by atoms with Crippen LogP contribution in [0.4, 0.5) is 0 Å². The highest BCUT2D eigenvalue weighted by Crippen LogP contribution is 2.17. The van der Waals surface area contributed by atoms with Gasteiger partial charge in [0, 0.05) is 17.0 Å². The fourth-order valence-electron chi connectivity index (χ4n) is 1.94. The summed E-state index contributed by atoms with van der Waals surface area (Å²) in [4.78, 5) is 5.71. The van der Waals surface area contributed by atoms with E-state index in [2.05, 4.69) is 33.3 Å². The van der Waals surface area contributed by atoms with Crippen molar-refractivity contribution in [1.82, 2.24) is 15.4 Å². The number of halogens is 1. The third kappa shape index (κ3) is 9.48. The number of nitrogens with zero attached hydrogens (tertiary/aromatic N) is 1. The Labute approximate surface area is 160 Å². The molecule has 1 atom stereocenters. The van der Waals surface area contributed by atoms with Gasteiger partial charge in [0.1, 0.15) is 0 Å². The third-order valence-corrected chi connectivity index (χ3v) is 4.74. The molecule has 9 heteroatoms. The molecule has 1 unspecified atom stereocenters. The lowest BCUT2D eigenvalue weighted by atomic mass is 10.1. The summed E-state index contributed by atoms with van der Waals surface area (Å²) in [5.41, 5.74) is -0.637. The molecule has 0 saturated heterocycles. The summed E-state index contributed by atoms with van der Waals surface area (Å²) in [7, 11) is -3.26. The van der Waals surface area contributed by atoms with Gasteiger partial charge in [0.25, 0.3) is 0 Å². The van der Waals surface area contributed by atoms with Crippen LogP contribution < -0.4 is 15.4 Å². The number of nitrogens with one attached hydrogen (secondary N) is 3. The molecular weight excluding hydrogens is 447 g/mol. The first-order valence-electron chi connectivity index (χ1n) is 7.20. The first kappa shape index (κ1) is 22.6. The molecule has 1 aromatic heterocycles. The summed E-state index contributed by atoms with van der Waals surface area (Å²) >= 11 is 1.69. The summed E-state index contributed by atoms with van der Waals surface area (Å²) < 4.78 is 25.3. The Bertz CT molecular complexity index is 586. The Morgan fingerprint density at radius 3 is 2.57 bits per heavy atom. The third-order valence-electron chi connectivity index (χ3n) is 2.76. The van der Waals surface area contributed by atoms with Crippen molar-refractivity contribution in [3.05, 3.63) is 22.4 Å². The minimum atomic E-state index is -3.26. The van der Waals surface area contributed by atoms with E-state index >= 15 is 0 Å². The van der Waals surface area contributed by atoms with E-state index in [9.17, 15) is 8.42 Å². The Morgan fingerprint density at radius 1 is 1.43 bits per heavy atom. The molecule has 0 aromatic carbocycles. The van der Waals surface area contributed by atoms with E-state index in [0.717, 1.165) is 12.8 Å². The van der Waals surface area contributed by atoms with Gasteiger partial charge in [-0.05, 0) is 39.1 Å². The molecule has 0 aliphatic carbocycles. The molecule has 0 saturated carbocycles. The molecule has 0 radical (unpaired) electrons. The van der Waals surface area contributed by atoms with Gasteiger partial charge in [-0.2, -0.15) is 0 Å². The summed E-state index contributed by atoms with van der Waals surface area (Å²) in [5, 5.41) is 8.54. The predicted octanol–water partition coefficient (Wildman–Crippen LogP) is 2.31. The van der Waals surface area contributed by atoms with E-state index in [0.29, 0.717) is 12.5 Å². The second kappa shape index (κ2) is 9.80. The normalized spacial score (nSPS) is 14.0. The lowest BCUT2D eigenvalue weighted by molar-refractivity contribution is 0.464. The van der Waals surface area contributed by atoms with Crippen molar-refractivity contribution in [3.8, 4) is 0 Å². The molecule has 6 nitrogen and oxygen atoms in total. The summed E-state index contributed by atoms with van der Waals surface area (Å²) in [5.74, 6) is 0.673. The molecule has 3 N–H and O–H groups in total. The van der Waals surface area contributed by atoms with Crippen LogP contribution in [0.25, 0.3) is 0 Å². The van der Waals surface area contributed by atoms with Crippen LogP contribution in [-0.4, -0.2) is 39.3 Å². The van der Waals surface area contributed by atoms with Crippen molar-refractivity contribution in [2.24, 2.45) is 4.99 Å². The van der Waals surface area contributed by atoms with Crippen LogP contribution >= 0.6 is 35.3 Å². The maximum absolute atomic E-state index is 11.4. The van der Waals surface area contributed by atoms with Crippen molar-refractivity contribution < 1.29 is 8.42 Å². The summed E-state index contributed by atoms with van der Waals surface area (Å²) in [6.07, 6.45) is 1.15. The number of rotatable bonds is 7. The maximum Gasteiger partial charge on any atom is 0.209 e. The van der Waals surface area contributed by atoms with Crippen LogP contribution in [0.5, 0.6) is 0 Å². The highest BCUT2D eigenvalue weighted by atomic mass is 127. The first-order valence-corrected chi connectivity index (χ1v) is 9.97. The minimum absolute atomic E-state index is 0. The van der Waals surface area contributed by atoms with Gasteiger partial charge in [0.2, 0.25) is 10.0 Å². The number of hydrogen-bond acceptors (Lipinski definition) is 4. The Hall–Kier alpha value is -0.390. The molecule has 134 valence electrons. The van der Waals surface area contributed by atoms with Crippen LogP contribution in [0, 0.1) is 0 Å². The topological polar surface area (TPSA) is 82.6 Å². The van der Waals surface area contributed by atoms with Gasteiger partial charge in [-0.15, -0.1) is 35.3 Å². The van der Waals surface area contributed by atoms with E-state index in [-0.39, 0.29) is 30.0 Å². The van der Waals surface area contributed by atoms with E-state index < -0.39 is 15.6 Å². The minimum Gasteiger partial charge on any atom is -0.357 e. The fraction of sp³-hybridized carbons (Fsp3) is 0.643. The molecule has 0 aliphatic rings. The molecule has 1 rings (SSSR count). The van der Waals surface area contributed by atoms with Gasteiger partial charge in [0.15, 0.2) is 5.96 Å². The summed E-state index contributed by atoms with van der Waals surface area (Å²) in [6, 6.07) is 4.23. The Balaban J connectivity index is 0.00000484. The first-order chi connectivity index (χ1) is 10.1. The second-order valence-corrected chi connectivity index (χ2v) is 8.56. The number of aliphatic imine (C=N–C) groups is 1. The monoisotopic (exact) mass is 474 g/mol. The highest BCUT2D eigenvalue weighted by molar-refractivity contribution is 14.0. The SMILES string of the molecule is CCNC(=NCC(C)(C)NS(C)(=O)=O)NC(C)c1cccs1.I. The number of thiophene rings is 1. The second-order valence-electron chi connectivity index (χ2n) is 5.83. The van der Waals surface area contributed by atoms with Crippen LogP contribution in [0.2, 0.25) is 0 Å². The van der Waals surface area contributed by atoms with Gasteiger partial charge in [-0.3, -0.25) is 4.99 Å². The lowest BCUT2D eigenvalue weighted by Crippen LogP contribution is -2.47. The lowest BCUT2D eigenvalue weighted by Gasteiger charge is -2.24. The molecule has 1 heterocycles. The standard InChI is InChI=1S/C14H26N4O2S2.HI/c1-6-15-13(17-11(2)12-8-7-9-21-12)16-10-14(3,4)18-22(5,19)20;/h7-9,11,18H,6,10H2,1-5H3,(H2,15,16,17);1H. The zero-order valence-corrected chi connectivity index (χ0v) is 18.2. The quantitative estimate of drug-likeness (QED) is 0.322. The molecule has 0 fully saturated rings. The van der Waals surface area contributed by atoms with Gasteiger partial charge < -0.3 is 10.6 Å². The molecule has 1 aromatic rings. The zero-order valence-electron chi connectivity index (χ0n) is 14.2. The van der Waals surface area contributed by atoms with Gasteiger partial charge in [-0.25, -0.2) is 13.1 Å². The van der Waals surface area contributed by atoms with Crippen molar-refractivity contribution >= 4 is 51.3 Å². The van der Waals surface area contributed by atoms with Gasteiger partial charge >= 0.3 is 0 Å². The fourth-order valence-corrected chi connectivity index (χ4v) is 3.75. The molecule has 0 spiro atoms. The largest absolute Gasteiger partial charge is 0.357 e. The molecular formula is C14H27IN4O2S2. The van der Waals surface area contributed by atoms with Crippen LogP contribution in [-0.2, 0) is 10.0 Å². The van der Waals surface area contributed by atoms with E-state index in [1.54, 1.807) is 11.3 Å². The van der Waals surface area contributed by atoms with Gasteiger partial charge in [0.05, 0.1) is 18.8 Å². The van der Waals surface area contributed by atoms with Crippen molar-refractivity contribution in [3.63, 3.8) is 0 Å². The van der Waals surface area contributed by atoms with E-state index in [4.69, 9.17) is 0 Å². The summed E-state index contributed by atoms with van der Waals surface area (Å²) in [6.45, 7) is 8.76. The number of sulfonamides is 1. The van der Waals surface area contributed by atoms with Gasteiger partial charge in [-0.1, -0.05) is 6.07 Å². The number of guanidine groups is 1. The highest BCUT2D eigenvalue weighted by Gasteiger charge is 2.22. The van der Waals surface area contributed by atoms with Crippen molar-refractivity contribution in [2.75, 3.05) is 19.3 Å². The Kier molecular flexibility index (Phi) is 9.63. The predicted molar refractivity (Wildman–Crippen MR) is 109 cm³/mol. The molecule has 23 heavy (non-hydrogen) atoms. The van der Waals surface area contributed by atoms with Crippen LogP contribution in [0.3, 0.4) is 0 Å². The molecule has 0 bridgehead atoms. The maximum atomic E-state index is 11.4. The van der Waals surface area contributed by atoms with Crippen molar-refractivity contribution in [1.29, 1.82) is 0 Å². The number of hydrogen-bond donors (Lipinski definition) is 3. The zero-order chi connectivity index (χ0) is 16.8. The molecule has 0 aliphatic heterocycles. The molecule has 0 amide bonds. The average molecular weight is 474 g/mol. The van der Waals surface area contributed by atoms with Crippen molar-refractivity contribution in [2.45, 2.75) is 39.3 Å². The van der Waals surface area contributed by atoms with Crippen LogP contribution in [0.15, 0.2) is 22.5 Å². The Morgan fingerprint density at radius 2 is 2.09 bits per heavy atom. The van der Waals surface area contributed by atoms with E-state index in [1.807, 2.05) is 32.2 Å². The average Bonchev–Trinajstić information content (AvgIpc) is 2.87.